The predicted molar refractivity (Wildman–Crippen MR) is 235 cm³/mol. The molecule has 326 valence electrons. The number of ether oxygens (including phenoxy) is 2. The maximum atomic E-state index is 12.6. The van der Waals surface area contributed by atoms with Crippen LogP contribution >= 0.6 is 7.82 Å². The van der Waals surface area contributed by atoms with Crippen molar-refractivity contribution in [2.24, 2.45) is 5.73 Å². The molecule has 0 aliphatic rings. The Kier molecular flexibility index (Phi) is 37.3. The van der Waals surface area contributed by atoms with Crippen molar-refractivity contribution in [3.05, 3.63) is 109 Å². The van der Waals surface area contributed by atoms with Crippen LogP contribution in [0.1, 0.15) is 129 Å². The molecule has 12 heteroatoms. The highest BCUT2D eigenvalue weighted by Gasteiger charge is 2.28. The number of phosphoric acid groups is 1. The summed E-state index contributed by atoms with van der Waals surface area (Å²) in [6, 6.07) is -1.54. The maximum Gasteiger partial charge on any atom is 0.472 e. The van der Waals surface area contributed by atoms with Crippen molar-refractivity contribution in [1.82, 2.24) is 0 Å². The molecule has 0 saturated heterocycles. The summed E-state index contributed by atoms with van der Waals surface area (Å²) in [6.07, 6.45) is 51.7. The maximum absolute atomic E-state index is 12.6. The number of carbonyl (C=O) groups excluding carboxylic acids is 2. The van der Waals surface area contributed by atoms with Crippen LogP contribution in [-0.4, -0.2) is 59.9 Å². The van der Waals surface area contributed by atoms with Crippen LogP contribution in [0.25, 0.3) is 0 Å². The summed E-state index contributed by atoms with van der Waals surface area (Å²) < 4.78 is 32.6. The van der Waals surface area contributed by atoms with E-state index >= 15 is 0 Å². The summed E-state index contributed by atoms with van der Waals surface area (Å²) in [6.45, 7) is 2.45. The number of unbranched alkanes of at least 4 members (excludes halogenated alkanes) is 5. The Morgan fingerprint density at radius 3 is 1.43 bits per heavy atom. The Balaban J connectivity index is 4.57. The highest BCUT2D eigenvalue weighted by atomic mass is 31.2. The van der Waals surface area contributed by atoms with E-state index in [0.29, 0.717) is 19.3 Å². The van der Waals surface area contributed by atoms with Crippen LogP contribution in [0.15, 0.2) is 109 Å². The minimum atomic E-state index is -4.75. The van der Waals surface area contributed by atoms with Gasteiger partial charge in [-0.25, -0.2) is 4.57 Å². The SMILES string of the molecule is CC/C=C/C/C=C/C/C=C/C/C=C/C/C=C/C/C=C/CCC(=O)O[C@H](COC(=O)CCCCCCC/C=C/C/C=C/C/C=C/CC)COP(=O)(O)OC[C@H](N)C(=O)O. The van der Waals surface area contributed by atoms with Crippen LogP contribution in [0, 0.1) is 0 Å². The second kappa shape index (κ2) is 39.9. The third kappa shape index (κ3) is 39.0. The Morgan fingerprint density at radius 1 is 0.534 bits per heavy atom. The van der Waals surface area contributed by atoms with Crippen LogP contribution in [0.2, 0.25) is 0 Å². The fourth-order valence-electron chi connectivity index (χ4n) is 4.81. The first-order chi connectivity index (χ1) is 28.1. The van der Waals surface area contributed by atoms with Crippen molar-refractivity contribution in [2.45, 2.75) is 142 Å². The first kappa shape index (κ1) is 54.1. The number of phosphoric ester groups is 1. The number of nitrogens with two attached hydrogens (primary N) is 1. The number of esters is 2. The normalized spacial score (nSPS) is 14.8. The molecule has 0 bridgehead atoms. The molecule has 3 atom stereocenters. The highest BCUT2D eigenvalue weighted by molar-refractivity contribution is 7.47. The van der Waals surface area contributed by atoms with Gasteiger partial charge >= 0.3 is 25.7 Å². The molecule has 0 aromatic rings. The monoisotopic (exact) mass is 829 g/mol. The van der Waals surface area contributed by atoms with Gasteiger partial charge in [-0.1, -0.05) is 142 Å². The van der Waals surface area contributed by atoms with Gasteiger partial charge < -0.3 is 25.2 Å². The van der Waals surface area contributed by atoms with E-state index in [4.69, 9.17) is 24.8 Å². The zero-order valence-corrected chi connectivity index (χ0v) is 36.0. The minimum Gasteiger partial charge on any atom is -0.480 e. The number of hydrogen-bond acceptors (Lipinski definition) is 9. The Morgan fingerprint density at radius 2 is 0.948 bits per heavy atom. The van der Waals surface area contributed by atoms with Gasteiger partial charge in [0, 0.05) is 12.8 Å². The molecular weight excluding hydrogens is 757 g/mol. The van der Waals surface area contributed by atoms with Crippen LogP contribution in [-0.2, 0) is 37.5 Å². The standard InChI is InChI=1S/C46H72NO10P/c1-3-5-7-9-11-13-15-17-19-20-21-22-24-26-28-30-32-34-36-38-45(49)57-42(40-55-58(52,53)56-41-43(47)46(50)51)39-54-44(48)37-35-33-31-29-27-25-23-18-16-14-12-10-8-6-4-2/h5-8,11-14,17-19,21-23,26,28,32,34,42-43H,3-4,9-10,15-16,20,24-25,27,29-31,33,35-41,47H2,1-2H3,(H,50,51)(H,52,53)/b7-5+,8-6+,13-11+,14-12+,19-17+,22-21+,23-18+,28-26+,34-32+/t42-,43+/m1/s1. The highest BCUT2D eigenvalue weighted by Crippen LogP contribution is 2.43. The second-order valence-corrected chi connectivity index (χ2v) is 14.8. The lowest BCUT2D eigenvalue weighted by Crippen LogP contribution is -2.34. The lowest BCUT2D eigenvalue weighted by molar-refractivity contribution is -0.161. The van der Waals surface area contributed by atoms with Gasteiger partial charge in [0.25, 0.3) is 0 Å². The second-order valence-electron chi connectivity index (χ2n) is 13.4. The largest absolute Gasteiger partial charge is 0.480 e. The molecule has 4 N–H and O–H groups in total. The van der Waals surface area contributed by atoms with E-state index in [1.54, 1.807) is 0 Å². The molecule has 0 amide bonds. The molecule has 0 radical (unpaired) electrons. The van der Waals surface area contributed by atoms with Gasteiger partial charge in [0.2, 0.25) is 0 Å². The van der Waals surface area contributed by atoms with Gasteiger partial charge in [0.1, 0.15) is 12.6 Å². The van der Waals surface area contributed by atoms with Crippen molar-refractivity contribution in [3.8, 4) is 0 Å². The van der Waals surface area contributed by atoms with Gasteiger partial charge in [-0.3, -0.25) is 23.4 Å². The van der Waals surface area contributed by atoms with Crippen molar-refractivity contribution in [3.63, 3.8) is 0 Å². The molecule has 0 aliphatic heterocycles. The summed E-state index contributed by atoms with van der Waals surface area (Å²) in [4.78, 5) is 45.9. The first-order valence-corrected chi connectivity index (χ1v) is 22.4. The molecule has 0 heterocycles. The van der Waals surface area contributed by atoms with Crippen molar-refractivity contribution >= 4 is 25.7 Å². The van der Waals surface area contributed by atoms with E-state index in [0.717, 1.165) is 83.5 Å². The molecule has 58 heavy (non-hydrogen) atoms. The van der Waals surface area contributed by atoms with Crippen LogP contribution in [0.4, 0.5) is 0 Å². The topological polar surface area (TPSA) is 172 Å². The zero-order valence-electron chi connectivity index (χ0n) is 35.1. The minimum absolute atomic E-state index is 0.0249. The van der Waals surface area contributed by atoms with E-state index < -0.39 is 57.7 Å². The third-order valence-corrected chi connectivity index (χ3v) is 8.98. The van der Waals surface area contributed by atoms with Crippen LogP contribution in [0.3, 0.4) is 0 Å². The average Bonchev–Trinajstić information content (AvgIpc) is 3.20. The van der Waals surface area contributed by atoms with E-state index in [2.05, 4.69) is 110 Å². The molecular formula is C46H72NO10P. The fraction of sp³-hybridized carbons (Fsp3) is 0.543. The fourth-order valence-corrected chi connectivity index (χ4v) is 5.59. The number of carbonyl (C=O) groups is 3. The summed E-state index contributed by atoms with van der Waals surface area (Å²) in [5.74, 6) is -2.53. The molecule has 0 aliphatic carbocycles. The molecule has 0 fully saturated rings. The Hall–Kier alpha value is -3.86. The number of rotatable bonds is 37. The lowest BCUT2D eigenvalue weighted by Gasteiger charge is -2.20. The molecule has 1 unspecified atom stereocenters. The summed E-state index contributed by atoms with van der Waals surface area (Å²) in [7, 11) is -4.75. The van der Waals surface area contributed by atoms with E-state index in [1.165, 1.54) is 0 Å². The number of hydrogen-bond donors (Lipinski definition) is 3. The average molecular weight is 830 g/mol. The van der Waals surface area contributed by atoms with Crippen molar-refractivity contribution in [1.29, 1.82) is 0 Å². The van der Waals surface area contributed by atoms with E-state index in [9.17, 15) is 23.8 Å². The molecule has 11 nitrogen and oxygen atoms in total. The zero-order chi connectivity index (χ0) is 42.8. The van der Waals surface area contributed by atoms with Crippen LogP contribution in [0.5, 0.6) is 0 Å². The number of carboxylic acids is 1. The van der Waals surface area contributed by atoms with Crippen molar-refractivity contribution < 1.29 is 47.5 Å². The Bertz CT molecular complexity index is 1390. The van der Waals surface area contributed by atoms with E-state index in [-0.39, 0.29) is 12.8 Å². The quantitative estimate of drug-likeness (QED) is 0.0235. The lowest BCUT2D eigenvalue weighted by atomic mass is 10.1. The molecule has 0 spiro atoms. The van der Waals surface area contributed by atoms with Gasteiger partial charge in [0.05, 0.1) is 13.2 Å². The first-order valence-electron chi connectivity index (χ1n) is 20.9. The van der Waals surface area contributed by atoms with Crippen LogP contribution < -0.4 is 5.73 Å². The molecule has 0 aromatic heterocycles. The number of aliphatic carboxylic acids is 1. The Labute approximate surface area is 348 Å². The summed E-state index contributed by atoms with van der Waals surface area (Å²) in [5.41, 5.74) is 5.32. The number of allylic oxidation sites excluding steroid dienone is 18. The predicted octanol–water partition coefficient (Wildman–Crippen LogP) is 11.1. The molecule has 0 saturated carbocycles. The summed E-state index contributed by atoms with van der Waals surface area (Å²) >= 11 is 0. The van der Waals surface area contributed by atoms with E-state index in [1.807, 2.05) is 18.2 Å². The van der Waals surface area contributed by atoms with Gasteiger partial charge in [-0.05, 0) is 83.5 Å². The van der Waals surface area contributed by atoms with Gasteiger partial charge in [-0.15, -0.1) is 0 Å². The summed E-state index contributed by atoms with van der Waals surface area (Å²) in [5, 5.41) is 8.88. The smallest absolute Gasteiger partial charge is 0.472 e. The number of carboxylic acid groups (broad SMARTS) is 1. The third-order valence-electron chi connectivity index (χ3n) is 8.03. The van der Waals surface area contributed by atoms with Crippen molar-refractivity contribution in [2.75, 3.05) is 19.8 Å². The van der Waals surface area contributed by atoms with Gasteiger partial charge in [-0.2, -0.15) is 0 Å². The molecule has 0 aromatic carbocycles. The molecule has 0 rings (SSSR count). The van der Waals surface area contributed by atoms with Gasteiger partial charge in [0.15, 0.2) is 6.10 Å².